The molecule has 0 aromatic rings. The average molecular weight is 184 g/mol. The molecule has 2 atom stereocenters. The maximum atomic E-state index is 2.43. The first-order valence-corrected chi connectivity index (χ1v) is 5.99. The largest absolute Gasteiger partial charge is 0.0654 e. The van der Waals surface area contributed by atoms with Crippen LogP contribution < -0.4 is 0 Å². The monoisotopic (exact) mass is 184 g/mol. The van der Waals surface area contributed by atoms with Crippen molar-refractivity contribution in [3.05, 3.63) is 0 Å². The Hall–Kier alpha value is 0. The Kier molecular flexibility index (Phi) is 6.45. The molecule has 0 aromatic carbocycles. The van der Waals surface area contributed by atoms with Crippen LogP contribution in [-0.4, -0.2) is 0 Å². The van der Waals surface area contributed by atoms with Gasteiger partial charge in [0.1, 0.15) is 0 Å². The molecule has 0 amide bonds. The van der Waals surface area contributed by atoms with Crippen molar-refractivity contribution in [2.45, 2.75) is 60.8 Å². The normalized spacial score (nSPS) is 16.6. The van der Waals surface area contributed by atoms with Gasteiger partial charge in [-0.15, -0.1) is 0 Å². The molecule has 0 fully saturated rings. The molecule has 0 spiro atoms. The van der Waals surface area contributed by atoms with Crippen LogP contribution in [0.2, 0.25) is 0 Å². The molecular formula is C13H28. The van der Waals surface area contributed by atoms with Gasteiger partial charge in [-0.25, -0.2) is 0 Å². The molecule has 0 aromatic heterocycles. The number of hydrogen-bond donors (Lipinski definition) is 0. The minimum atomic E-state index is 0.855. The first kappa shape index (κ1) is 13.0. The van der Waals surface area contributed by atoms with Crippen molar-refractivity contribution in [1.82, 2.24) is 0 Å². The number of hydrogen-bond acceptors (Lipinski definition) is 0. The lowest BCUT2D eigenvalue weighted by molar-refractivity contribution is 0.221. The van der Waals surface area contributed by atoms with Crippen LogP contribution in [0.25, 0.3) is 0 Å². The van der Waals surface area contributed by atoms with Gasteiger partial charge in [0.05, 0.1) is 0 Å². The molecule has 0 aliphatic heterocycles. The van der Waals surface area contributed by atoms with Crippen molar-refractivity contribution in [3.63, 3.8) is 0 Å². The van der Waals surface area contributed by atoms with Crippen molar-refractivity contribution in [2.24, 2.45) is 23.7 Å². The zero-order chi connectivity index (χ0) is 10.4. The molecule has 13 heavy (non-hydrogen) atoms. The molecule has 0 bridgehead atoms. The van der Waals surface area contributed by atoms with Crippen molar-refractivity contribution in [3.8, 4) is 0 Å². The summed E-state index contributed by atoms with van der Waals surface area (Å²) in [4.78, 5) is 0. The van der Waals surface area contributed by atoms with Crippen LogP contribution in [0.15, 0.2) is 0 Å². The SMILES string of the molecule is CCCC(C(C)C)C(C)CC(C)C. The van der Waals surface area contributed by atoms with Gasteiger partial charge >= 0.3 is 0 Å². The first-order chi connectivity index (χ1) is 5.99. The molecule has 0 N–H and O–H groups in total. The van der Waals surface area contributed by atoms with Gasteiger partial charge in [0.25, 0.3) is 0 Å². The molecule has 0 nitrogen and oxygen atoms in total. The zero-order valence-corrected chi connectivity index (χ0v) is 10.4. The second-order valence-corrected chi connectivity index (χ2v) is 5.30. The van der Waals surface area contributed by atoms with Gasteiger partial charge in [-0.2, -0.15) is 0 Å². The van der Waals surface area contributed by atoms with E-state index in [-0.39, 0.29) is 0 Å². The average Bonchev–Trinajstić information content (AvgIpc) is 1.97. The summed E-state index contributed by atoms with van der Waals surface area (Å²) in [5.41, 5.74) is 0. The van der Waals surface area contributed by atoms with Gasteiger partial charge in [0, 0.05) is 0 Å². The Morgan fingerprint density at radius 3 is 1.77 bits per heavy atom. The van der Waals surface area contributed by atoms with Crippen LogP contribution in [0.5, 0.6) is 0 Å². The fourth-order valence-electron chi connectivity index (χ4n) is 2.53. The minimum Gasteiger partial charge on any atom is -0.0654 e. The summed E-state index contributed by atoms with van der Waals surface area (Å²) in [6.45, 7) is 14.1. The lowest BCUT2D eigenvalue weighted by Gasteiger charge is -2.28. The highest BCUT2D eigenvalue weighted by Gasteiger charge is 2.20. The molecule has 2 unspecified atom stereocenters. The maximum Gasteiger partial charge on any atom is -0.0365 e. The van der Waals surface area contributed by atoms with E-state index in [4.69, 9.17) is 0 Å². The minimum absolute atomic E-state index is 0.855. The Bertz CT molecular complexity index is 113. The summed E-state index contributed by atoms with van der Waals surface area (Å²) in [5.74, 6) is 3.55. The third-order valence-corrected chi connectivity index (χ3v) is 3.05. The van der Waals surface area contributed by atoms with Gasteiger partial charge in [-0.05, 0) is 30.1 Å². The Morgan fingerprint density at radius 2 is 1.46 bits per heavy atom. The molecule has 80 valence electrons. The lowest BCUT2D eigenvalue weighted by atomic mass is 9.78. The second kappa shape index (κ2) is 6.45. The van der Waals surface area contributed by atoms with E-state index in [0.29, 0.717) is 0 Å². The second-order valence-electron chi connectivity index (χ2n) is 5.30. The van der Waals surface area contributed by atoms with E-state index in [2.05, 4.69) is 41.5 Å². The van der Waals surface area contributed by atoms with Crippen molar-refractivity contribution < 1.29 is 0 Å². The van der Waals surface area contributed by atoms with E-state index in [9.17, 15) is 0 Å². The third-order valence-electron chi connectivity index (χ3n) is 3.05. The van der Waals surface area contributed by atoms with Crippen LogP contribution in [0, 0.1) is 23.7 Å². The predicted molar refractivity (Wildman–Crippen MR) is 61.9 cm³/mol. The van der Waals surface area contributed by atoms with Gasteiger partial charge in [-0.1, -0.05) is 54.4 Å². The fourth-order valence-corrected chi connectivity index (χ4v) is 2.53. The highest BCUT2D eigenvalue weighted by atomic mass is 14.3. The van der Waals surface area contributed by atoms with Crippen molar-refractivity contribution in [1.29, 1.82) is 0 Å². The van der Waals surface area contributed by atoms with Crippen LogP contribution in [0.3, 0.4) is 0 Å². The standard InChI is InChI=1S/C13H28/c1-7-8-13(11(4)5)12(6)9-10(2)3/h10-13H,7-9H2,1-6H3. The Labute approximate surface area is 85.1 Å². The summed E-state index contributed by atoms with van der Waals surface area (Å²) in [6.07, 6.45) is 4.14. The van der Waals surface area contributed by atoms with Gasteiger partial charge in [0.15, 0.2) is 0 Å². The van der Waals surface area contributed by atoms with Crippen LogP contribution >= 0.6 is 0 Å². The van der Waals surface area contributed by atoms with E-state index in [1.165, 1.54) is 19.3 Å². The highest BCUT2D eigenvalue weighted by molar-refractivity contribution is 4.70. The Balaban J connectivity index is 4.02. The van der Waals surface area contributed by atoms with E-state index in [0.717, 1.165) is 23.7 Å². The molecule has 0 rings (SSSR count). The molecule has 0 aliphatic carbocycles. The fraction of sp³-hybridized carbons (Fsp3) is 1.00. The topological polar surface area (TPSA) is 0 Å². The molecule has 0 heterocycles. The molecular weight excluding hydrogens is 156 g/mol. The molecule has 0 heteroatoms. The predicted octanol–water partition coefficient (Wildman–Crippen LogP) is 4.74. The van der Waals surface area contributed by atoms with Gasteiger partial charge < -0.3 is 0 Å². The molecule has 0 aliphatic rings. The van der Waals surface area contributed by atoms with Crippen LogP contribution in [0.4, 0.5) is 0 Å². The summed E-state index contributed by atoms with van der Waals surface area (Å²) in [6, 6.07) is 0. The quantitative estimate of drug-likeness (QED) is 0.559. The van der Waals surface area contributed by atoms with E-state index in [1.807, 2.05) is 0 Å². The molecule has 0 saturated heterocycles. The lowest BCUT2D eigenvalue weighted by Crippen LogP contribution is -2.19. The summed E-state index contributed by atoms with van der Waals surface area (Å²) >= 11 is 0. The summed E-state index contributed by atoms with van der Waals surface area (Å²) in [7, 11) is 0. The van der Waals surface area contributed by atoms with E-state index in [1.54, 1.807) is 0 Å². The number of rotatable bonds is 6. The summed E-state index contributed by atoms with van der Waals surface area (Å²) in [5, 5.41) is 0. The van der Waals surface area contributed by atoms with Crippen molar-refractivity contribution >= 4 is 0 Å². The van der Waals surface area contributed by atoms with Gasteiger partial charge in [-0.3, -0.25) is 0 Å². The summed E-state index contributed by atoms with van der Waals surface area (Å²) < 4.78 is 0. The molecule has 0 radical (unpaired) electrons. The zero-order valence-electron chi connectivity index (χ0n) is 10.4. The van der Waals surface area contributed by atoms with E-state index < -0.39 is 0 Å². The Morgan fingerprint density at radius 1 is 0.923 bits per heavy atom. The highest BCUT2D eigenvalue weighted by Crippen LogP contribution is 2.29. The van der Waals surface area contributed by atoms with E-state index >= 15 is 0 Å². The van der Waals surface area contributed by atoms with Crippen molar-refractivity contribution in [2.75, 3.05) is 0 Å². The van der Waals surface area contributed by atoms with Gasteiger partial charge in [0.2, 0.25) is 0 Å². The smallest absolute Gasteiger partial charge is 0.0365 e. The van der Waals surface area contributed by atoms with Crippen LogP contribution in [-0.2, 0) is 0 Å². The molecule has 0 saturated carbocycles. The van der Waals surface area contributed by atoms with Crippen LogP contribution in [0.1, 0.15) is 60.8 Å². The maximum absolute atomic E-state index is 2.43. The first-order valence-electron chi connectivity index (χ1n) is 5.99. The third kappa shape index (κ3) is 5.33.